The average molecular weight is 1080 g/mol. The molecule has 3 heterocycles. The molecule has 347 valence electrons. The summed E-state index contributed by atoms with van der Waals surface area (Å²) in [5, 5.41) is 6.59. The first-order valence-corrected chi connectivity index (χ1v) is 23.7. The van der Waals surface area contributed by atoms with Gasteiger partial charge in [-0.25, -0.2) is 0 Å². The summed E-state index contributed by atoms with van der Waals surface area (Å²) in [5.74, 6) is 0.196. The van der Waals surface area contributed by atoms with E-state index >= 15 is 0 Å². The van der Waals surface area contributed by atoms with Crippen LogP contribution in [-0.2, 0) is 25.5 Å². The number of nitrogens with zero attached hydrogens (tertiary/aromatic N) is 3. The normalized spacial score (nSPS) is 13.1. The van der Waals surface area contributed by atoms with E-state index in [9.17, 15) is 0 Å². The van der Waals surface area contributed by atoms with Gasteiger partial charge in [0.15, 0.2) is 0 Å². The zero-order valence-electron chi connectivity index (χ0n) is 44.7. The third-order valence-electron chi connectivity index (χ3n) is 13.2. The van der Waals surface area contributed by atoms with E-state index in [-0.39, 0.29) is 42.9 Å². The van der Waals surface area contributed by atoms with Gasteiger partial charge in [0, 0.05) is 42.9 Å². The van der Waals surface area contributed by atoms with E-state index in [1.807, 2.05) is 74.6 Å². The molecule has 0 saturated heterocycles. The van der Waals surface area contributed by atoms with Crippen molar-refractivity contribution in [2.45, 2.75) is 92.3 Å². The number of fused-ring (bicyclic) bond motifs is 7. The molecule has 0 aliphatic heterocycles. The van der Waals surface area contributed by atoms with Crippen LogP contribution in [0.2, 0.25) is 0 Å². The second-order valence-corrected chi connectivity index (χ2v) is 19.8. The first kappa shape index (κ1) is 42.5. The van der Waals surface area contributed by atoms with Gasteiger partial charge in [-0.1, -0.05) is 158 Å². The fourth-order valence-corrected chi connectivity index (χ4v) is 9.70. The molecule has 1 radical (unpaired) electrons. The summed E-state index contributed by atoms with van der Waals surface area (Å²) in [7, 11) is 0. The second-order valence-electron chi connectivity index (χ2n) is 19.8. The van der Waals surface area contributed by atoms with E-state index in [2.05, 4.69) is 155 Å². The number of aryl methyl sites for hydroxylation is 1. The minimum Gasteiger partial charge on any atom is -0.501 e. The number of para-hydroxylation sites is 1. The van der Waals surface area contributed by atoms with Crippen LogP contribution >= 0.6 is 0 Å². The third-order valence-corrected chi connectivity index (χ3v) is 13.2. The largest absolute Gasteiger partial charge is 0.501 e. The Hall–Kier alpha value is -6.65. The van der Waals surface area contributed by atoms with Gasteiger partial charge in [-0.15, -0.1) is 54.1 Å². The Labute approximate surface area is 426 Å². The van der Waals surface area contributed by atoms with Gasteiger partial charge in [0.25, 0.3) is 0 Å². The molecule has 0 unspecified atom stereocenters. The molecule has 0 N–H and O–H groups in total. The molecule has 0 saturated carbocycles. The SMILES string of the molecule is [2H]C(C)(C)c1cc(-c2[c-]cccc2)ncc1C(C)(C)C.[2H]C([2H])([2H])c1cccc2nc(-c3[c-]ccc4c3oc3cc5c(ccc6ccccc65)cc34)n(-c3c(C(C)C)cc(-c4ccccc4)cc3C(C)C)c12.[Ir]. The molecule has 0 aliphatic rings. The van der Waals surface area contributed by atoms with Crippen molar-refractivity contribution in [3.8, 4) is 39.5 Å². The monoisotopic (exact) mass is 1080 g/mol. The molecule has 69 heavy (non-hydrogen) atoms. The van der Waals surface area contributed by atoms with Crippen molar-refractivity contribution >= 4 is 54.5 Å². The van der Waals surface area contributed by atoms with Gasteiger partial charge < -0.3 is 14.0 Å². The summed E-state index contributed by atoms with van der Waals surface area (Å²) in [4.78, 5) is 9.83. The van der Waals surface area contributed by atoms with E-state index in [0.29, 0.717) is 28.0 Å². The van der Waals surface area contributed by atoms with E-state index < -0.39 is 12.7 Å². The average Bonchev–Trinajstić information content (AvgIpc) is 3.93. The number of aromatic nitrogens is 3. The van der Waals surface area contributed by atoms with E-state index in [0.717, 1.165) is 77.5 Å². The molecule has 0 fully saturated rings. The maximum absolute atomic E-state index is 8.65. The molecule has 0 spiro atoms. The van der Waals surface area contributed by atoms with Gasteiger partial charge in [-0.3, -0.25) is 4.98 Å². The Morgan fingerprint density at radius 1 is 0.638 bits per heavy atom. The maximum Gasteiger partial charge on any atom is 0.121 e. The Morgan fingerprint density at radius 2 is 1.36 bits per heavy atom. The standard InChI is InChI=1S/C46H37N2O.C18H22N.Ir/c1-27(2)37-24-33(30-14-7-6-8-15-30)25-38(28(3)4)44(37)48-43-29(5)13-11-20-41(43)47-46(48)36-19-12-18-35-40-23-32-22-21-31-16-9-10-17-34(31)39(32)26-42(40)49-45(35)36;1-13(2)15-11-17(14-9-7-6-8-10-14)19-12-16(15)18(3,4)5;/h6-18,20-28H,1-5H3;6-9,11-13H,1-5H3;/q2*-1;/i5D3;13D;. The molecule has 3 aromatic heterocycles. The van der Waals surface area contributed by atoms with Crippen molar-refractivity contribution in [3.63, 3.8) is 0 Å². The Morgan fingerprint density at radius 3 is 2.06 bits per heavy atom. The van der Waals surface area contributed by atoms with Crippen LogP contribution in [0.1, 0.15) is 113 Å². The van der Waals surface area contributed by atoms with E-state index in [1.165, 1.54) is 10.8 Å². The molecule has 0 atom stereocenters. The van der Waals surface area contributed by atoms with Crippen LogP contribution in [0.15, 0.2) is 162 Å². The predicted octanol–water partition coefficient (Wildman–Crippen LogP) is 17.9. The molecule has 0 amide bonds. The van der Waals surface area contributed by atoms with Crippen LogP contribution in [0.3, 0.4) is 0 Å². The van der Waals surface area contributed by atoms with E-state index in [1.54, 1.807) is 12.1 Å². The van der Waals surface area contributed by atoms with Gasteiger partial charge in [0.05, 0.1) is 22.4 Å². The van der Waals surface area contributed by atoms with Crippen LogP contribution in [0.5, 0.6) is 0 Å². The fourth-order valence-electron chi connectivity index (χ4n) is 9.70. The molecule has 11 aromatic rings. The first-order valence-electron chi connectivity index (χ1n) is 25.7. The number of benzene rings is 8. The third kappa shape index (κ3) is 8.84. The Bertz CT molecular complexity index is 3790. The molecular weight excluding hydrogens is 1020 g/mol. The van der Waals surface area contributed by atoms with Gasteiger partial charge in [-0.2, -0.15) is 0 Å². The van der Waals surface area contributed by atoms with Gasteiger partial charge in [0.2, 0.25) is 0 Å². The number of rotatable bonds is 7. The second kappa shape index (κ2) is 19.0. The van der Waals surface area contributed by atoms with Crippen molar-refractivity contribution in [3.05, 3.63) is 198 Å². The van der Waals surface area contributed by atoms with Crippen LogP contribution in [0.4, 0.5) is 0 Å². The number of pyridine rings is 1. The van der Waals surface area contributed by atoms with Crippen LogP contribution in [0, 0.1) is 19.0 Å². The smallest absolute Gasteiger partial charge is 0.121 e. The van der Waals surface area contributed by atoms with Crippen molar-refractivity contribution in [2.24, 2.45) is 0 Å². The van der Waals surface area contributed by atoms with Crippen LogP contribution in [-0.4, -0.2) is 14.5 Å². The molecule has 0 bridgehead atoms. The summed E-state index contributed by atoms with van der Waals surface area (Å²) in [5.41, 5.74) is 13.0. The number of imidazole rings is 1. The van der Waals surface area contributed by atoms with Crippen molar-refractivity contribution in [2.75, 3.05) is 0 Å². The zero-order chi connectivity index (χ0) is 50.9. The quantitative estimate of drug-likeness (QED) is 0.118. The van der Waals surface area contributed by atoms with Gasteiger partial charge >= 0.3 is 0 Å². The molecule has 8 aromatic carbocycles. The summed E-state index contributed by atoms with van der Waals surface area (Å²) < 4.78 is 43.3. The number of hydrogen-bond acceptors (Lipinski definition) is 3. The fraction of sp³-hybridized carbons (Fsp3) is 0.219. The minimum atomic E-state index is -2.37. The summed E-state index contributed by atoms with van der Waals surface area (Å²) >= 11 is 0. The maximum atomic E-state index is 8.65. The molecule has 5 heteroatoms. The summed E-state index contributed by atoms with van der Waals surface area (Å²) in [6.07, 6.45) is 1.92. The van der Waals surface area contributed by atoms with Crippen LogP contribution in [0.25, 0.3) is 94.0 Å². The van der Waals surface area contributed by atoms with Crippen molar-refractivity contribution in [1.82, 2.24) is 14.5 Å². The minimum absolute atomic E-state index is 0. The summed E-state index contributed by atoms with van der Waals surface area (Å²) in [6.45, 7) is 16.7. The molecular formula is C64H59IrN3O-2. The summed E-state index contributed by atoms with van der Waals surface area (Å²) in [6, 6.07) is 58.0. The van der Waals surface area contributed by atoms with Crippen molar-refractivity contribution in [1.29, 1.82) is 0 Å². The molecule has 11 rings (SSSR count). The van der Waals surface area contributed by atoms with Crippen molar-refractivity contribution < 1.29 is 30.0 Å². The predicted molar refractivity (Wildman–Crippen MR) is 287 cm³/mol. The Kier molecular flexibility index (Phi) is 11.7. The number of furan rings is 1. The molecule has 0 aliphatic carbocycles. The number of hydrogen-bond donors (Lipinski definition) is 0. The van der Waals surface area contributed by atoms with Gasteiger partial charge in [-0.05, 0) is 127 Å². The van der Waals surface area contributed by atoms with Gasteiger partial charge in [0.1, 0.15) is 5.58 Å². The zero-order valence-corrected chi connectivity index (χ0v) is 43.1. The first-order chi connectivity index (χ1) is 34.3. The van der Waals surface area contributed by atoms with Crippen LogP contribution < -0.4 is 0 Å². The molecule has 4 nitrogen and oxygen atoms in total. The topological polar surface area (TPSA) is 43.9 Å². The Balaban J connectivity index is 0.000000264. The van der Waals surface area contributed by atoms with E-state index in [4.69, 9.17) is 14.9 Å².